The maximum absolute atomic E-state index is 13.1. The van der Waals surface area contributed by atoms with E-state index in [2.05, 4.69) is 5.32 Å². The van der Waals surface area contributed by atoms with Crippen molar-refractivity contribution in [3.05, 3.63) is 47.5 Å². The number of sulfone groups is 1. The molecule has 0 aromatic heterocycles. The zero-order valence-corrected chi connectivity index (χ0v) is 17.8. The van der Waals surface area contributed by atoms with Crippen LogP contribution in [0.3, 0.4) is 0 Å². The Hall–Kier alpha value is -2.45. The molecular weight excluding hydrogens is 416 g/mol. The third-order valence-corrected chi connectivity index (χ3v) is 6.83. The van der Waals surface area contributed by atoms with E-state index in [1.807, 2.05) is 18.2 Å². The number of para-hydroxylation sites is 1. The minimum Gasteiger partial charge on any atom is -0.495 e. The lowest BCUT2D eigenvalue weighted by molar-refractivity contribution is -0.117. The van der Waals surface area contributed by atoms with Crippen LogP contribution in [0.4, 0.5) is 11.4 Å². The Morgan fingerprint density at radius 2 is 1.86 bits per heavy atom. The number of amides is 1. The summed E-state index contributed by atoms with van der Waals surface area (Å²) < 4.78 is 34.5. The second-order valence-electron chi connectivity index (χ2n) is 6.70. The molecule has 1 heterocycles. The van der Waals surface area contributed by atoms with Crippen LogP contribution in [-0.4, -0.2) is 52.6 Å². The second kappa shape index (κ2) is 8.92. The van der Waals surface area contributed by atoms with Crippen LogP contribution in [0.25, 0.3) is 0 Å². The third-order valence-electron chi connectivity index (χ3n) is 4.78. The molecule has 0 spiro atoms. The summed E-state index contributed by atoms with van der Waals surface area (Å²) in [7, 11) is -0.134. The van der Waals surface area contributed by atoms with Gasteiger partial charge in [-0.3, -0.25) is 4.79 Å². The summed E-state index contributed by atoms with van der Waals surface area (Å²) in [6, 6.07) is 12.0. The van der Waals surface area contributed by atoms with Gasteiger partial charge >= 0.3 is 0 Å². The fourth-order valence-electron chi connectivity index (χ4n) is 3.38. The number of methoxy groups -OCH3 is 2. The van der Waals surface area contributed by atoms with Gasteiger partial charge in [0.15, 0.2) is 9.84 Å². The molecule has 0 aliphatic carbocycles. The van der Waals surface area contributed by atoms with Crippen LogP contribution in [0.1, 0.15) is 6.42 Å². The SMILES string of the molecule is COc1cc(NCC(=O)N(c2ccccc2)C2CCS(=O)(=O)C2)c(OC)cc1Cl. The van der Waals surface area contributed by atoms with E-state index >= 15 is 0 Å². The summed E-state index contributed by atoms with van der Waals surface area (Å²) in [5.41, 5.74) is 1.22. The van der Waals surface area contributed by atoms with Crippen molar-refractivity contribution in [1.29, 1.82) is 0 Å². The van der Waals surface area contributed by atoms with Crippen molar-refractivity contribution in [3.8, 4) is 11.5 Å². The second-order valence-corrected chi connectivity index (χ2v) is 9.33. The van der Waals surface area contributed by atoms with E-state index in [9.17, 15) is 13.2 Å². The van der Waals surface area contributed by atoms with Gasteiger partial charge in [-0.05, 0) is 18.6 Å². The van der Waals surface area contributed by atoms with E-state index in [-0.39, 0.29) is 24.0 Å². The summed E-state index contributed by atoms with van der Waals surface area (Å²) in [4.78, 5) is 14.7. The number of rotatable bonds is 7. The smallest absolute Gasteiger partial charge is 0.246 e. The Labute approximate surface area is 175 Å². The standard InChI is InChI=1S/C20H23ClN2O5S/c1-27-18-11-17(19(28-2)10-16(18)21)22-12-20(24)23(14-6-4-3-5-7-14)15-8-9-29(25,26)13-15/h3-7,10-11,15,22H,8-9,12-13H2,1-2H3. The maximum atomic E-state index is 13.1. The molecule has 3 rings (SSSR count). The van der Waals surface area contributed by atoms with Gasteiger partial charge in [0.25, 0.3) is 0 Å². The van der Waals surface area contributed by atoms with E-state index in [0.717, 1.165) is 0 Å². The average molecular weight is 439 g/mol. The fourth-order valence-corrected chi connectivity index (χ4v) is 5.31. The first-order valence-corrected chi connectivity index (χ1v) is 11.3. The highest BCUT2D eigenvalue weighted by Gasteiger charge is 2.35. The van der Waals surface area contributed by atoms with E-state index in [0.29, 0.717) is 34.3 Å². The zero-order valence-electron chi connectivity index (χ0n) is 16.2. The normalized spacial score (nSPS) is 17.6. The molecule has 1 aliphatic heterocycles. The molecule has 2 aromatic carbocycles. The fraction of sp³-hybridized carbons (Fsp3) is 0.350. The Bertz CT molecular complexity index is 982. The van der Waals surface area contributed by atoms with Crippen LogP contribution in [0.15, 0.2) is 42.5 Å². The van der Waals surface area contributed by atoms with Crippen molar-refractivity contribution in [2.24, 2.45) is 0 Å². The Balaban J connectivity index is 1.83. The summed E-state index contributed by atoms with van der Waals surface area (Å²) in [6.07, 6.45) is 0.418. The number of benzene rings is 2. The number of ether oxygens (including phenoxy) is 2. The molecule has 1 atom stereocenters. The van der Waals surface area contributed by atoms with Crippen LogP contribution in [0.2, 0.25) is 5.02 Å². The van der Waals surface area contributed by atoms with Gasteiger partial charge in [-0.15, -0.1) is 0 Å². The minimum absolute atomic E-state index is 0.0360. The highest BCUT2D eigenvalue weighted by molar-refractivity contribution is 7.91. The van der Waals surface area contributed by atoms with Gasteiger partial charge in [-0.2, -0.15) is 0 Å². The van der Waals surface area contributed by atoms with E-state index in [1.54, 1.807) is 29.2 Å². The number of nitrogens with zero attached hydrogens (tertiary/aromatic N) is 1. The molecule has 1 saturated heterocycles. The molecule has 1 unspecified atom stereocenters. The van der Waals surface area contributed by atoms with Gasteiger partial charge in [-0.1, -0.05) is 29.8 Å². The lowest BCUT2D eigenvalue weighted by atomic mass is 10.1. The highest BCUT2D eigenvalue weighted by atomic mass is 35.5. The van der Waals surface area contributed by atoms with Gasteiger partial charge in [0, 0.05) is 17.8 Å². The number of nitrogens with one attached hydrogen (secondary N) is 1. The number of carbonyl (C=O) groups is 1. The number of anilines is 2. The summed E-state index contributed by atoms with van der Waals surface area (Å²) in [6.45, 7) is -0.0490. The van der Waals surface area contributed by atoms with Crippen LogP contribution in [0.5, 0.6) is 11.5 Å². The van der Waals surface area contributed by atoms with Crippen molar-refractivity contribution in [2.45, 2.75) is 12.5 Å². The summed E-state index contributed by atoms with van der Waals surface area (Å²) in [5.74, 6) is 0.729. The Kier molecular flexibility index (Phi) is 6.54. The molecular formula is C20H23ClN2O5S. The zero-order chi connectivity index (χ0) is 21.0. The highest BCUT2D eigenvalue weighted by Crippen LogP contribution is 2.36. The monoisotopic (exact) mass is 438 g/mol. The van der Waals surface area contributed by atoms with Crippen molar-refractivity contribution >= 4 is 38.7 Å². The number of halogens is 1. The molecule has 1 aliphatic rings. The molecule has 29 heavy (non-hydrogen) atoms. The maximum Gasteiger partial charge on any atom is 0.246 e. The molecule has 0 saturated carbocycles. The molecule has 156 valence electrons. The van der Waals surface area contributed by atoms with Gasteiger partial charge in [0.1, 0.15) is 11.5 Å². The van der Waals surface area contributed by atoms with Gasteiger partial charge in [0.05, 0.1) is 49.0 Å². The molecule has 1 fully saturated rings. The third kappa shape index (κ3) is 4.94. The molecule has 0 radical (unpaired) electrons. The van der Waals surface area contributed by atoms with E-state index in [4.69, 9.17) is 21.1 Å². The largest absolute Gasteiger partial charge is 0.495 e. The van der Waals surface area contributed by atoms with Gasteiger partial charge in [-0.25, -0.2) is 8.42 Å². The lowest BCUT2D eigenvalue weighted by Crippen LogP contribution is -2.44. The Morgan fingerprint density at radius 1 is 1.17 bits per heavy atom. The number of hydrogen-bond donors (Lipinski definition) is 1. The predicted molar refractivity (Wildman–Crippen MR) is 114 cm³/mol. The minimum atomic E-state index is -3.14. The lowest BCUT2D eigenvalue weighted by Gasteiger charge is -2.29. The first kappa shape index (κ1) is 21.3. The molecule has 1 N–H and O–H groups in total. The summed E-state index contributed by atoms with van der Waals surface area (Å²) in [5, 5.41) is 3.45. The molecule has 7 nitrogen and oxygen atoms in total. The quantitative estimate of drug-likeness (QED) is 0.715. The topological polar surface area (TPSA) is 84.9 Å². The Morgan fingerprint density at radius 3 is 2.45 bits per heavy atom. The van der Waals surface area contributed by atoms with Crippen molar-refractivity contribution in [2.75, 3.05) is 42.5 Å². The van der Waals surface area contributed by atoms with Crippen molar-refractivity contribution < 1.29 is 22.7 Å². The van der Waals surface area contributed by atoms with E-state index < -0.39 is 15.9 Å². The van der Waals surface area contributed by atoms with Gasteiger partial charge in [0.2, 0.25) is 5.91 Å². The van der Waals surface area contributed by atoms with E-state index in [1.165, 1.54) is 14.2 Å². The molecule has 2 aromatic rings. The van der Waals surface area contributed by atoms with Crippen LogP contribution in [0, 0.1) is 0 Å². The number of hydrogen-bond acceptors (Lipinski definition) is 6. The molecule has 0 bridgehead atoms. The first-order valence-electron chi connectivity index (χ1n) is 9.07. The van der Waals surface area contributed by atoms with Crippen LogP contribution < -0.4 is 19.7 Å². The van der Waals surface area contributed by atoms with Gasteiger partial charge < -0.3 is 19.7 Å². The van der Waals surface area contributed by atoms with Crippen LogP contribution in [-0.2, 0) is 14.6 Å². The van der Waals surface area contributed by atoms with Crippen molar-refractivity contribution in [3.63, 3.8) is 0 Å². The van der Waals surface area contributed by atoms with Crippen molar-refractivity contribution in [1.82, 2.24) is 0 Å². The average Bonchev–Trinajstić information content (AvgIpc) is 3.06. The molecule has 9 heteroatoms. The predicted octanol–water partition coefficient (Wildman–Crippen LogP) is 2.99. The van der Waals surface area contributed by atoms with Crippen LogP contribution >= 0.6 is 11.6 Å². The number of carbonyl (C=O) groups excluding carboxylic acids is 1. The first-order chi connectivity index (χ1) is 13.8. The molecule has 1 amide bonds. The summed E-state index contributed by atoms with van der Waals surface area (Å²) >= 11 is 6.12.